The zero-order valence-electron chi connectivity index (χ0n) is 11.0. The quantitative estimate of drug-likeness (QED) is 0.919. The SMILES string of the molecule is N#Cc1c(Cl)cccc1N(CCO)C1CCCCC1. The van der Waals surface area contributed by atoms with Crippen molar-refractivity contribution in [2.45, 2.75) is 38.1 Å². The van der Waals surface area contributed by atoms with E-state index in [1.54, 1.807) is 6.07 Å². The van der Waals surface area contributed by atoms with Crippen LogP contribution in [0.5, 0.6) is 0 Å². The molecule has 2 rings (SSSR count). The van der Waals surface area contributed by atoms with Crippen LogP contribution in [-0.4, -0.2) is 24.3 Å². The summed E-state index contributed by atoms with van der Waals surface area (Å²) >= 11 is 6.10. The van der Waals surface area contributed by atoms with Gasteiger partial charge in [0.2, 0.25) is 0 Å². The maximum atomic E-state index is 9.30. The molecule has 19 heavy (non-hydrogen) atoms. The van der Waals surface area contributed by atoms with Gasteiger partial charge in [0.05, 0.1) is 22.9 Å². The van der Waals surface area contributed by atoms with Crippen LogP contribution in [0.1, 0.15) is 37.7 Å². The van der Waals surface area contributed by atoms with Gasteiger partial charge in [0.25, 0.3) is 0 Å². The first-order chi connectivity index (χ1) is 9.27. The van der Waals surface area contributed by atoms with Gasteiger partial charge >= 0.3 is 0 Å². The normalized spacial score (nSPS) is 16.1. The van der Waals surface area contributed by atoms with Crippen LogP contribution in [0.3, 0.4) is 0 Å². The Kier molecular flexibility index (Phi) is 5.07. The number of nitrogens with zero attached hydrogens (tertiary/aromatic N) is 2. The van der Waals surface area contributed by atoms with E-state index in [0.717, 1.165) is 18.5 Å². The summed E-state index contributed by atoms with van der Waals surface area (Å²) in [5.41, 5.74) is 1.37. The number of halogens is 1. The molecule has 0 atom stereocenters. The Balaban J connectivity index is 2.33. The highest BCUT2D eigenvalue weighted by molar-refractivity contribution is 6.32. The van der Waals surface area contributed by atoms with Crippen molar-refractivity contribution in [1.29, 1.82) is 5.26 Å². The van der Waals surface area contributed by atoms with Crippen LogP contribution in [0.25, 0.3) is 0 Å². The molecule has 0 unspecified atom stereocenters. The minimum Gasteiger partial charge on any atom is -0.395 e. The smallest absolute Gasteiger partial charge is 0.103 e. The Morgan fingerprint density at radius 2 is 2.05 bits per heavy atom. The van der Waals surface area contributed by atoms with Crippen LogP contribution in [0.4, 0.5) is 5.69 Å². The predicted molar refractivity (Wildman–Crippen MR) is 77.5 cm³/mol. The van der Waals surface area contributed by atoms with Crippen molar-refractivity contribution in [2.75, 3.05) is 18.1 Å². The summed E-state index contributed by atoms with van der Waals surface area (Å²) in [6.07, 6.45) is 5.96. The van der Waals surface area contributed by atoms with E-state index in [-0.39, 0.29) is 6.61 Å². The molecule has 3 nitrogen and oxygen atoms in total. The van der Waals surface area contributed by atoms with Crippen molar-refractivity contribution in [3.8, 4) is 6.07 Å². The number of benzene rings is 1. The van der Waals surface area contributed by atoms with E-state index in [1.807, 2.05) is 12.1 Å². The van der Waals surface area contributed by atoms with Crippen molar-refractivity contribution in [3.63, 3.8) is 0 Å². The third-order valence-electron chi connectivity index (χ3n) is 3.77. The lowest BCUT2D eigenvalue weighted by Crippen LogP contribution is -2.39. The van der Waals surface area contributed by atoms with Gasteiger partial charge in [-0.15, -0.1) is 0 Å². The molecule has 4 heteroatoms. The number of aliphatic hydroxyl groups excluding tert-OH is 1. The molecular formula is C15H19ClN2O. The van der Waals surface area contributed by atoms with Gasteiger partial charge in [-0.1, -0.05) is 36.9 Å². The largest absolute Gasteiger partial charge is 0.395 e. The van der Waals surface area contributed by atoms with E-state index >= 15 is 0 Å². The van der Waals surface area contributed by atoms with Crippen LogP contribution in [0.2, 0.25) is 5.02 Å². The second-order valence-electron chi connectivity index (χ2n) is 4.95. The Labute approximate surface area is 119 Å². The van der Waals surface area contributed by atoms with Gasteiger partial charge in [0.15, 0.2) is 0 Å². The molecule has 0 bridgehead atoms. The summed E-state index contributed by atoms with van der Waals surface area (Å²) < 4.78 is 0. The summed E-state index contributed by atoms with van der Waals surface area (Å²) in [5.74, 6) is 0. The number of rotatable bonds is 4. The van der Waals surface area contributed by atoms with E-state index in [4.69, 9.17) is 11.6 Å². The first-order valence-electron chi connectivity index (χ1n) is 6.84. The molecule has 0 saturated heterocycles. The van der Waals surface area contributed by atoms with Crippen molar-refractivity contribution in [2.24, 2.45) is 0 Å². The fourth-order valence-corrected chi connectivity index (χ4v) is 3.07. The van der Waals surface area contributed by atoms with Gasteiger partial charge in [-0.25, -0.2) is 0 Å². The minimum atomic E-state index is 0.0912. The maximum absolute atomic E-state index is 9.30. The molecule has 0 radical (unpaired) electrons. The van der Waals surface area contributed by atoms with E-state index in [2.05, 4.69) is 11.0 Å². The lowest BCUT2D eigenvalue weighted by molar-refractivity contribution is 0.290. The van der Waals surface area contributed by atoms with Gasteiger partial charge in [-0.3, -0.25) is 0 Å². The lowest BCUT2D eigenvalue weighted by atomic mass is 9.93. The zero-order chi connectivity index (χ0) is 13.7. The summed E-state index contributed by atoms with van der Waals surface area (Å²) in [5, 5.41) is 19.1. The van der Waals surface area contributed by atoms with Crippen LogP contribution >= 0.6 is 11.6 Å². The van der Waals surface area contributed by atoms with Gasteiger partial charge in [0.1, 0.15) is 6.07 Å². The molecule has 1 saturated carbocycles. The molecule has 1 aromatic carbocycles. The molecule has 0 spiro atoms. The van der Waals surface area contributed by atoms with Crippen LogP contribution in [0.15, 0.2) is 18.2 Å². The summed E-state index contributed by atoms with van der Waals surface area (Å²) in [4.78, 5) is 2.16. The minimum absolute atomic E-state index is 0.0912. The second-order valence-corrected chi connectivity index (χ2v) is 5.36. The number of hydrogen-bond donors (Lipinski definition) is 1. The average Bonchev–Trinajstić information content (AvgIpc) is 2.45. The molecule has 0 aromatic heterocycles. The number of nitriles is 1. The van der Waals surface area contributed by atoms with Crippen LogP contribution < -0.4 is 4.90 Å². The second kappa shape index (κ2) is 6.79. The number of anilines is 1. The topological polar surface area (TPSA) is 47.3 Å². The molecule has 1 fully saturated rings. The molecule has 102 valence electrons. The predicted octanol–water partition coefficient (Wildman–Crippen LogP) is 3.34. The van der Waals surface area contributed by atoms with E-state index in [1.165, 1.54) is 19.3 Å². The number of aliphatic hydroxyl groups is 1. The highest BCUT2D eigenvalue weighted by atomic mass is 35.5. The Bertz CT molecular complexity index is 464. The van der Waals surface area contributed by atoms with Gasteiger partial charge in [-0.05, 0) is 25.0 Å². The highest BCUT2D eigenvalue weighted by Crippen LogP contribution is 2.32. The van der Waals surface area contributed by atoms with Crippen LogP contribution in [-0.2, 0) is 0 Å². The van der Waals surface area contributed by atoms with Gasteiger partial charge in [0, 0.05) is 12.6 Å². The Morgan fingerprint density at radius 3 is 2.68 bits per heavy atom. The maximum Gasteiger partial charge on any atom is 0.103 e. The molecule has 1 aliphatic carbocycles. The molecule has 1 aromatic rings. The van der Waals surface area contributed by atoms with E-state index < -0.39 is 0 Å². The highest BCUT2D eigenvalue weighted by Gasteiger charge is 2.23. The summed E-state index contributed by atoms with van der Waals surface area (Å²) in [6.45, 7) is 0.646. The fourth-order valence-electron chi connectivity index (χ4n) is 2.86. The standard InChI is InChI=1S/C15H19ClN2O/c16-14-7-4-8-15(13(14)11-17)18(9-10-19)12-5-2-1-3-6-12/h4,7-8,12,19H,1-3,5-6,9-10H2. The Morgan fingerprint density at radius 1 is 1.32 bits per heavy atom. The Hall–Kier alpha value is -1.24. The van der Waals surface area contributed by atoms with Crippen molar-refractivity contribution in [1.82, 2.24) is 0 Å². The zero-order valence-corrected chi connectivity index (χ0v) is 11.7. The third kappa shape index (κ3) is 3.20. The lowest BCUT2D eigenvalue weighted by Gasteiger charge is -2.36. The molecular weight excluding hydrogens is 260 g/mol. The third-order valence-corrected chi connectivity index (χ3v) is 4.08. The first kappa shape index (κ1) is 14.2. The average molecular weight is 279 g/mol. The van der Waals surface area contributed by atoms with E-state index in [0.29, 0.717) is 23.2 Å². The van der Waals surface area contributed by atoms with E-state index in [9.17, 15) is 10.4 Å². The molecule has 0 aliphatic heterocycles. The van der Waals surface area contributed by atoms with Crippen molar-refractivity contribution in [3.05, 3.63) is 28.8 Å². The summed E-state index contributed by atoms with van der Waals surface area (Å²) in [6, 6.07) is 8.13. The first-order valence-corrected chi connectivity index (χ1v) is 7.22. The molecule has 0 heterocycles. The molecule has 1 aliphatic rings. The number of hydrogen-bond acceptors (Lipinski definition) is 3. The molecule has 1 N–H and O–H groups in total. The summed E-state index contributed by atoms with van der Waals surface area (Å²) in [7, 11) is 0. The van der Waals surface area contributed by atoms with Crippen LogP contribution in [0, 0.1) is 11.3 Å². The van der Waals surface area contributed by atoms with Gasteiger partial charge in [-0.2, -0.15) is 5.26 Å². The monoisotopic (exact) mass is 278 g/mol. The van der Waals surface area contributed by atoms with Crippen molar-refractivity contribution < 1.29 is 5.11 Å². The molecule has 0 amide bonds. The fraction of sp³-hybridized carbons (Fsp3) is 0.533. The van der Waals surface area contributed by atoms with Crippen molar-refractivity contribution >= 4 is 17.3 Å². The van der Waals surface area contributed by atoms with Gasteiger partial charge < -0.3 is 10.0 Å².